The zero-order valence-corrected chi connectivity index (χ0v) is 10.1. The minimum Gasteiger partial charge on any atom is -0.476 e. The highest BCUT2D eigenvalue weighted by atomic mass is 79.9. The van der Waals surface area contributed by atoms with Gasteiger partial charge in [0.25, 0.3) is 0 Å². The first kappa shape index (κ1) is 11.5. The van der Waals surface area contributed by atoms with E-state index in [1.165, 1.54) is 6.20 Å². The van der Waals surface area contributed by atoms with Crippen LogP contribution in [0.5, 0.6) is 11.6 Å². The van der Waals surface area contributed by atoms with Crippen molar-refractivity contribution in [1.29, 1.82) is 0 Å². The summed E-state index contributed by atoms with van der Waals surface area (Å²) in [6.45, 7) is 0. The van der Waals surface area contributed by atoms with E-state index in [4.69, 9.17) is 9.84 Å². The van der Waals surface area contributed by atoms with Crippen molar-refractivity contribution in [3.05, 3.63) is 46.8 Å². The molecule has 0 saturated heterocycles. The van der Waals surface area contributed by atoms with Crippen molar-refractivity contribution in [1.82, 2.24) is 9.97 Å². The standard InChI is InChI=1S/C11H7BrN2O3/c12-7-2-1-3-8(4-7)17-10-6-13-9(5-14-10)11(15)16/h1-6H,(H,15,16). The lowest BCUT2D eigenvalue weighted by Gasteiger charge is -2.04. The first-order chi connectivity index (χ1) is 8.15. The highest BCUT2D eigenvalue weighted by Crippen LogP contribution is 2.22. The molecule has 0 fully saturated rings. The predicted octanol–water partition coefficient (Wildman–Crippen LogP) is 2.73. The van der Waals surface area contributed by atoms with Crippen LogP contribution in [-0.2, 0) is 0 Å². The summed E-state index contributed by atoms with van der Waals surface area (Å²) in [4.78, 5) is 18.1. The van der Waals surface area contributed by atoms with Crippen molar-refractivity contribution in [3.8, 4) is 11.6 Å². The Morgan fingerprint density at radius 3 is 2.71 bits per heavy atom. The summed E-state index contributed by atoms with van der Waals surface area (Å²) in [6, 6.07) is 7.22. The monoisotopic (exact) mass is 294 g/mol. The number of carbonyl (C=O) groups is 1. The molecule has 1 aromatic heterocycles. The third-order valence-electron chi connectivity index (χ3n) is 1.87. The van der Waals surface area contributed by atoms with Gasteiger partial charge in [0.1, 0.15) is 5.75 Å². The third-order valence-corrected chi connectivity index (χ3v) is 2.36. The number of ether oxygens (including phenoxy) is 1. The van der Waals surface area contributed by atoms with E-state index in [0.717, 1.165) is 10.7 Å². The third kappa shape index (κ3) is 3.01. The fourth-order valence-corrected chi connectivity index (χ4v) is 1.51. The molecule has 1 aromatic carbocycles. The molecule has 0 aliphatic carbocycles. The SMILES string of the molecule is O=C(O)c1cnc(Oc2cccc(Br)c2)cn1. The van der Waals surface area contributed by atoms with Crippen LogP contribution in [0.15, 0.2) is 41.1 Å². The quantitative estimate of drug-likeness (QED) is 0.942. The number of aromatic carboxylic acids is 1. The molecular weight excluding hydrogens is 288 g/mol. The minimum atomic E-state index is -1.12. The van der Waals surface area contributed by atoms with Crippen LogP contribution in [0.25, 0.3) is 0 Å². The molecule has 6 heteroatoms. The fraction of sp³-hybridized carbons (Fsp3) is 0. The van der Waals surface area contributed by atoms with Gasteiger partial charge in [-0.3, -0.25) is 0 Å². The van der Waals surface area contributed by atoms with Gasteiger partial charge in [-0.25, -0.2) is 14.8 Å². The number of hydrogen-bond donors (Lipinski definition) is 1. The Morgan fingerprint density at radius 1 is 1.29 bits per heavy atom. The number of aromatic nitrogens is 2. The molecule has 2 aromatic rings. The van der Waals surface area contributed by atoms with E-state index in [-0.39, 0.29) is 11.6 Å². The highest BCUT2D eigenvalue weighted by molar-refractivity contribution is 9.10. The maximum atomic E-state index is 10.6. The number of benzene rings is 1. The molecule has 0 amide bonds. The number of nitrogens with zero attached hydrogens (tertiary/aromatic N) is 2. The lowest BCUT2D eigenvalue weighted by atomic mass is 10.3. The second-order valence-electron chi connectivity index (χ2n) is 3.10. The van der Waals surface area contributed by atoms with E-state index in [9.17, 15) is 4.79 Å². The minimum absolute atomic E-state index is 0.119. The fourth-order valence-electron chi connectivity index (χ4n) is 1.13. The molecule has 0 atom stereocenters. The molecule has 1 heterocycles. The summed E-state index contributed by atoms with van der Waals surface area (Å²) in [7, 11) is 0. The van der Waals surface area contributed by atoms with Gasteiger partial charge < -0.3 is 9.84 Å². The molecule has 0 bridgehead atoms. The second-order valence-corrected chi connectivity index (χ2v) is 4.02. The Bertz CT molecular complexity index is 543. The van der Waals surface area contributed by atoms with Crippen LogP contribution in [0.1, 0.15) is 10.5 Å². The molecule has 0 saturated carbocycles. The van der Waals surface area contributed by atoms with Crippen LogP contribution in [0.2, 0.25) is 0 Å². The zero-order chi connectivity index (χ0) is 12.3. The topological polar surface area (TPSA) is 72.3 Å². The highest BCUT2D eigenvalue weighted by Gasteiger charge is 2.05. The van der Waals surface area contributed by atoms with Crippen LogP contribution in [0.4, 0.5) is 0 Å². The molecule has 0 unspecified atom stereocenters. The lowest BCUT2D eigenvalue weighted by Crippen LogP contribution is -2.01. The molecule has 86 valence electrons. The number of carboxylic acid groups (broad SMARTS) is 1. The molecule has 1 N–H and O–H groups in total. The van der Waals surface area contributed by atoms with Gasteiger partial charge in [-0.1, -0.05) is 22.0 Å². The number of carboxylic acids is 1. The average Bonchev–Trinajstić information content (AvgIpc) is 2.29. The molecule has 17 heavy (non-hydrogen) atoms. The Labute approximate surface area is 105 Å². The smallest absolute Gasteiger partial charge is 0.356 e. The predicted molar refractivity (Wildman–Crippen MR) is 63.2 cm³/mol. The average molecular weight is 295 g/mol. The second kappa shape index (κ2) is 4.92. The first-order valence-electron chi connectivity index (χ1n) is 4.64. The van der Waals surface area contributed by atoms with E-state index in [1.807, 2.05) is 12.1 Å². The van der Waals surface area contributed by atoms with Crippen LogP contribution in [0.3, 0.4) is 0 Å². The summed E-state index contributed by atoms with van der Waals surface area (Å²) in [5.41, 5.74) is -0.119. The maximum absolute atomic E-state index is 10.6. The summed E-state index contributed by atoms with van der Waals surface area (Å²) >= 11 is 3.31. The molecule has 0 aliphatic heterocycles. The van der Waals surface area contributed by atoms with E-state index in [2.05, 4.69) is 25.9 Å². The first-order valence-corrected chi connectivity index (χ1v) is 5.43. The van der Waals surface area contributed by atoms with Gasteiger partial charge in [0.15, 0.2) is 5.69 Å². The van der Waals surface area contributed by atoms with Crippen molar-refractivity contribution in [2.24, 2.45) is 0 Å². The van der Waals surface area contributed by atoms with Crippen molar-refractivity contribution >= 4 is 21.9 Å². The normalized spacial score (nSPS) is 9.94. The van der Waals surface area contributed by atoms with E-state index < -0.39 is 5.97 Å². The molecule has 5 nitrogen and oxygen atoms in total. The molecule has 0 radical (unpaired) electrons. The van der Waals surface area contributed by atoms with Gasteiger partial charge in [-0.15, -0.1) is 0 Å². The lowest BCUT2D eigenvalue weighted by molar-refractivity contribution is 0.0690. The Balaban J connectivity index is 2.16. The zero-order valence-electron chi connectivity index (χ0n) is 8.50. The maximum Gasteiger partial charge on any atom is 0.356 e. The van der Waals surface area contributed by atoms with Crippen LogP contribution >= 0.6 is 15.9 Å². The van der Waals surface area contributed by atoms with Crippen molar-refractivity contribution < 1.29 is 14.6 Å². The van der Waals surface area contributed by atoms with Gasteiger partial charge in [-0.05, 0) is 18.2 Å². The van der Waals surface area contributed by atoms with Gasteiger partial charge in [0.05, 0.1) is 12.4 Å². The van der Waals surface area contributed by atoms with Gasteiger partial charge in [0.2, 0.25) is 5.88 Å². The van der Waals surface area contributed by atoms with Crippen molar-refractivity contribution in [2.75, 3.05) is 0 Å². The van der Waals surface area contributed by atoms with Gasteiger partial charge in [-0.2, -0.15) is 0 Å². The van der Waals surface area contributed by atoms with Gasteiger partial charge >= 0.3 is 5.97 Å². The van der Waals surface area contributed by atoms with E-state index in [1.54, 1.807) is 12.1 Å². The summed E-state index contributed by atoms with van der Waals surface area (Å²) in [6.07, 6.45) is 2.42. The molecule has 0 aliphatic rings. The van der Waals surface area contributed by atoms with E-state index >= 15 is 0 Å². The largest absolute Gasteiger partial charge is 0.476 e. The molecule has 2 rings (SSSR count). The van der Waals surface area contributed by atoms with E-state index in [0.29, 0.717) is 5.75 Å². The van der Waals surface area contributed by atoms with Gasteiger partial charge in [0, 0.05) is 4.47 Å². The van der Waals surface area contributed by atoms with Crippen LogP contribution < -0.4 is 4.74 Å². The molecule has 0 spiro atoms. The number of rotatable bonds is 3. The van der Waals surface area contributed by atoms with Crippen LogP contribution in [0, 0.1) is 0 Å². The summed E-state index contributed by atoms with van der Waals surface area (Å²) < 4.78 is 6.28. The van der Waals surface area contributed by atoms with Crippen LogP contribution in [-0.4, -0.2) is 21.0 Å². The number of halogens is 1. The molecular formula is C11H7BrN2O3. The van der Waals surface area contributed by atoms with Crippen molar-refractivity contribution in [2.45, 2.75) is 0 Å². The summed E-state index contributed by atoms with van der Waals surface area (Å²) in [5.74, 6) is -0.281. The van der Waals surface area contributed by atoms with Crippen molar-refractivity contribution in [3.63, 3.8) is 0 Å². The Morgan fingerprint density at radius 2 is 2.12 bits per heavy atom. The Hall–Kier alpha value is -1.95. The number of hydrogen-bond acceptors (Lipinski definition) is 4. The summed E-state index contributed by atoms with van der Waals surface area (Å²) in [5, 5.41) is 8.65. The Kier molecular flexibility index (Phi) is 3.34.